The molecule has 0 amide bonds. The third-order valence-electron chi connectivity index (χ3n) is 4.47. The van der Waals surface area contributed by atoms with Gasteiger partial charge in [-0.1, -0.05) is 29.8 Å². The zero-order valence-electron chi connectivity index (χ0n) is 15.1. The van der Waals surface area contributed by atoms with Crippen molar-refractivity contribution in [3.63, 3.8) is 0 Å². The molecule has 0 spiro atoms. The van der Waals surface area contributed by atoms with Crippen molar-refractivity contribution in [2.75, 3.05) is 0 Å². The van der Waals surface area contributed by atoms with E-state index in [1.54, 1.807) is 17.0 Å². The lowest BCUT2D eigenvalue weighted by Gasteiger charge is -2.14. The number of nitrogens with zero attached hydrogens (tertiary/aromatic N) is 7. The zero-order valence-corrected chi connectivity index (χ0v) is 19.0. The Labute approximate surface area is 189 Å². The average molecular weight is 552 g/mol. The van der Waals surface area contributed by atoms with E-state index in [2.05, 4.69) is 42.0 Å². The molecule has 0 aliphatic heterocycles. The quantitative estimate of drug-likeness (QED) is 0.245. The molecular weight excluding hydrogens is 540 g/mol. The van der Waals surface area contributed by atoms with Gasteiger partial charge in [0.1, 0.15) is 30.1 Å². The zero-order chi connectivity index (χ0) is 20.7. The highest BCUT2D eigenvalue weighted by Gasteiger charge is 2.16. The van der Waals surface area contributed by atoms with E-state index in [4.69, 9.17) is 16.3 Å². The summed E-state index contributed by atoms with van der Waals surface area (Å²) in [5.74, 6) is 0.349. The molecule has 30 heavy (non-hydrogen) atoms. The molecule has 0 aliphatic rings. The lowest BCUT2D eigenvalue weighted by Crippen LogP contribution is -2.28. The second kappa shape index (κ2) is 7.93. The molecule has 9 nitrogen and oxygen atoms in total. The highest BCUT2D eigenvalue weighted by atomic mass is 127. The first kappa shape index (κ1) is 19.4. The number of imidazole rings is 2. The minimum absolute atomic E-state index is 0.0800. The van der Waals surface area contributed by atoms with Gasteiger partial charge in [0.15, 0.2) is 11.2 Å². The Morgan fingerprint density at radius 2 is 1.97 bits per heavy atom. The lowest BCUT2D eigenvalue weighted by molar-refractivity contribution is 0.288. The number of para-hydroxylation sites is 1. The standard InChI is InChI=1S/C18H12ClIN7O2P/c19-13-7-21-14-6-12(26(18(28)27(13)14)11-4-2-1-3-5-11)8-29-17-15-16(22-9-23-17)25(30-20)10-24-15/h1-7,9-10,30H,8H2. The Bertz CT molecular complexity index is 1430. The largest absolute Gasteiger partial charge is 0.470 e. The smallest absolute Gasteiger partial charge is 0.340 e. The second-order valence-electron chi connectivity index (χ2n) is 6.20. The van der Waals surface area contributed by atoms with Crippen molar-refractivity contribution < 1.29 is 4.74 Å². The first-order chi connectivity index (χ1) is 14.7. The Morgan fingerprint density at radius 3 is 2.77 bits per heavy atom. The van der Waals surface area contributed by atoms with E-state index < -0.39 is 0 Å². The van der Waals surface area contributed by atoms with Crippen LogP contribution in [0.25, 0.3) is 22.5 Å². The van der Waals surface area contributed by atoms with Crippen molar-refractivity contribution in [1.82, 2.24) is 33.2 Å². The molecule has 0 radical (unpaired) electrons. The van der Waals surface area contributed by atoms with Crippen LogP contribution in [0.15, 0.2) is 60.0 Å². The molecule has 0 aliphatic carbocycles. The maximum Gasteiger partial charge on any atom is 0.340 e. The topological polar surface area (TPSA) is 92.1 Å². The summed E-state index contributed by atoms with van der Waals surface area (Å²) in [4.78, 5) is 30.3. The average Bonchev–Trinajstić information content (AvgIpc) is 3.36. The maximum absolute atomic E-state index is 13.2. The van der Waals surface area contributed by atoms with E-state index in [-0.39, 0.29) is 17.4 Å². The number of hydrogen-bond donors (Lipinski definition) is 0. The Balaban J connectivity index is 1.61. The molecule has 0 bridgehead atoms. The van der Waals surface area contributed by atoms with Crippen LogP contribution in [-0.2, 0) is 6.61 Å². The molecule has 0 saturated carbocycles. The Kier molecular flexibility index (Phi) is 5.13. The molecule has 5 rings (SSSR count). The number of benzene rings is 1. The summed E-state index contributed by atoms with van der Waals surface area (Å²) >= 11 is 8.43. The van der Waals surface area contributed by atoms with Gasteiger partial charge >= 0.3 is 5.69 Å². The number of aromatic nitrogens is 7. The lowest BCUT2D eigenvalue weighted by atomic mass is 10.3. The molecule has 0 N–H and O–H groups in total. The van der Waals surface area contributed by atoms with Gasteiger partial charge in [0.2, 0.25) is 5.88 Å². The van der Waals surface area contributed by atoms with Crippen molar-refractivity contribution >= 4 is 56.8 Å². The number of fused-ring (bicyclic) bond motifs is 2. The van der Waals surface area contributed by atoms with Gasteiger partial charge in [-0.2, -0.15) is 4.98 Å². The number of halogens is 2. The number of rotatable bonds is 5. The van der Waals surface area contributed by atoms with E-state index in [1.165, 1.54) is 16.9 Å². The summed E-state index contributed by atoms with van der Waals surface area (Å²) in [5, 5.41) is 0.245. The van der Waals surface area contributed by atoms with Crippen LogP contribution in [0.5, 0.6) is 5.88 Å². The van der Waals surface area contributed by atoms with Crippen molar-refractivity contribution in [3.8, 4) is 11.6 Å². The molecule has 0 saturated heterocycles. The van der Waals surface area contributed by atoms with Gasteiger partial charge in [-0.25, -0.2) is 24.1 Å². The van der Waals surface area contributed by atoms with Gasteiger partial charge in [-0.05, 0) is 34.2 Å². The molecule has 12 heteroatoms. The van der Waals surface area contributed by atoms with Crippen LogP contribution in [0, 0.1) is 0 Å². The SMILES string of the molecule is O=c1n(-c2ccccc2)c(COc2ncnc3c2ncn3PI)cc2ncc(Cl)n12. The van der Waals surface area contributed by atoms with E-state index >= 15 is 0 Å². The predicted octanol–water partition coefficient (Wildman–Crippen LogP) is 3.65. The summed E-state index contributed by atoms with van der Waals surface area (Å²) < 4.78 is 10.8. The van der Waals surface area contributed by atoms with Crippen LogP contribution in [0.2, 0.25) is 5.15 Å². The van der Waals surface area contributed by atoms with Crippen LogP contribution in [0.1, 0.15) is 5.69 Å². The summed E-state index contributed by atoms with van der Waals surface area (Å²) in [7, 11) is 0. The van der Waals surface area contributed by atoms with Crippen LogP contribution < -0.4 is 10.4 Å². The van der Waals surface area contributed by atoms with Crippen LogP contribution in [0.4, 0.5) is 0 Å². The third kappa shape index (κ3) is 3.24. The highest BCUT2D eigenvalue weighted by molar-refractivity contribution is 14.2. The van der Waals surface area contributed by atoms with E-state index in [0.717, 1.165) is 0 Å². The van der Waals surface area contributed by atoms with Crippen LogP contribution >= 0.6 is 40.0 Å². The Hall–Kier alpha value is -2.56. The molecule has 150 valence electrons. The first-order valence-corrected chi connectivity index (χ1v) is 13.1. The van der Waals surface area contributed by atoms with Crippen LogP contribution in [0.3, 0.4) is 0 Å². The van der Waals surface area contributed by atoms with Gasteiger partial charge in [0.05, 0.1) is 24.0 Å². The van der Waals surface area contributed by atoms with Crippen molar-refractivity contribution in [1.29, 1.82) is 0 Å². The minimum Gasteiger partial charge on any atom is -0.470 e. The fraction of sp³-hybridized carbons (Fsp3) is 0.0556. The highest BCUT2D eigenvalue weighted by Crippen LogP contribution is 2.30. The molecule has 4 aromatic heterocycles. The fourth-order valence-corrected chi connectivity index (χ4v) is 4.77. The van der Waals surface area contributed by atoms with E-state index in [9.17, 15) is 4.79 Å². The van der Waals surface area contributed by atoms with Gasteiger partial charge in [-0.3, -0.25) is 8.90 Å². The van der Waals surface area contributed by atoms with Gasteiger partial charge in [-0.15, -0.1) is 0 Å². The summed E-state index contributed by atoms with van der Waals surface area (Å²) in [5.41, 5.74) is 2.67. The molecule has 5 aromatic rings. The normalized spacial score (nSPS) is 11.8. The Morgan fingerprint density at radius 1 is 1.13 bits per heavy atom. The third-order valence-corrected chi connectivity index (χ3v) is 6.81. The molecular formula is C18H12ClIN7O2P. The molecule has 1 unspecified atom stereocenters. The van der Waals surface area contributed by atoms with Crippen molar-refractivity contribution in [2.24, 2.45) is 0 Å². The van der Waals surface area contributed by atoms with Crippen LogP contribution in [-0.4, -0.2) is 33.2 Å². The molecule has 1 atom stereocenters. The van der Waals surface area contributed by atoms with Gasteiger partial charge in [0.25, 0.3) is 0 Å². The minimum atomic E-state index is -0.331. The molecule has 4 heterocycles. The monoisotopic (exact) mass is 551 g/mol. The maximum atomic E-state index is 13.2. The summed E-state index contributed by atoms with van der Waals surface area (Å²) in [6.45, 7) is 0.0800. The van der Waals surface area contributed by atoms with Crippen molar-refractivity contribution in [3.05, 3.63) is 76.6 Å². The van der Waals surface area contributed by atoms with Crippen molar-refractivity contribution in [2.45, 2.75) is 6.61 Å². The molecule has 1 aromatic carbocycles. The second-order valence-corrected chi connectivity index (χ2v) is 8.69. The summed E-state index contributed by atoms with van der Waals surface area (Å²) in [6.07, 6.45) is 5.05. The summed E-state index contributed by atoms with van der Waals surface area (Å²) in [6, 6.07) is 11.1. The van der Waals surface area contributed by atoms with Gasteiger partial charge in [0, 0.05) is 6.07 Å². The molecule has 0 fully saturated rings. The number of ether oxygens (including phenoxy) is 1. The van der Waals surface area contributed by atoms with Gasteiger partial charge < -0.3 is 4.74 Å². The number of hydrogen-bond acceptors (Lipinski definition) is 6. The predicted molar refractivity (Wildman–Crippen MR) is 123 cm³/mol. The van der Waals surface area contributed by atoms with E-state index in [1.807, 2.05) is 34.7 Å². The van der Waals surface area contributed by atoms with E-state index in [0.29, 0.717) is 40.4 Å². The first-order valence-electron chi connectivity index (χ1n) is 8.68. The fourth-order valence-electron chi connectivity index (χ4n) is 3.15.